The molecule has 1 aromatic carbocycles. The molecule has 3 aromatic heterocycles. The standard InChI is InChI=1S/C22H27N8O3S/c1-15-14-29(33-5)16(13-23-15)10-12-34-27-22-25-24-21(17-9-11-28(2)26-17)30(22)20-18(31-3)7-6-8-19(20)32-4/h6-9,11,13-14H,10,12H2,1-5H3,(H,25,27)/q+1. The number of para-hydroxylation sites is 1. The van der Waals surface area contributed by atoms with Crippen molar-refractivity contribution in [3.05, 3.63) is 54.2 Å². The summed E-state index contributed by atoms with van der Waals surface area (Å²) in [5.41, 5.74) is 3.20. The van der Waals surface area contributed by atoms with Gasteiger partial charge in [0.1, 0.15) is 35.7 Å². The van der Waals surface area contributed by atoms with E-state index in [-0.39, 0.29) is 0 Å². The van der Waals surface area contributed by atoms with E-state index in [1.807, 2.05) is 61.4 Å². The number of aryl methyl sites for hydroxylation is 3. The fourth-order valence-corrected chi connectivity index (χ4v) is 4.12. The summed E-state index contributed by atoms with van der Waals surface area (Å²) in [4.78, 5) is 9.77. The lowest BCUT2D eigenvalue weighted by atomic mass is 10.2. The lowest BCUT2D eigenvalue weighted by Crippen LogP contribution is -2.45. The fraction of sp³-hybridized carbons (Fsp3) is 0.318. The predicted molar refractivity (Wildman–Crippen MR) is 128 cm³/mol. The number of hydrogen-bond acceptors (Lipinski definition) is 9. The molecule has 0 atom stereocenters. The van der Waals surface area contributed by atoms with Crippen molar-refractivity contribution in [2.24, 2.45) is 7.05 Å². The Bertz CT molecular complexity index is 1250. The van der Waals surface area contributed by atoms with Gasteiger partial charge >= 0.3 is 0 Å². The topological polar surface area (TPSA) is 105 Å². The maximum atomic E-state index is 5.64. The molecule has 34 heavy (non-hydrogen) atoms. The van der Waals surface area contributed by atoms with Crippen LogP contribution < -0.4 is 23.8 Å². The molecule has 1 N–H and O–H groups in total. The van der Waals surface area contributed by atoms with Crippen molar-refractivity contribution < 1.29 is 19.0 Å². The van der Waals surface area contributed by atoms with Crippen molar-refractivity contribution in [2.45, 2.75) is 13.3 Å². The number of hydrogen-bond donors (Lipinski definition) is 1. The second-order valence-electron chi connectivity index (χ2n) is 7.30. The van der Waals surface area contributed by atoms with Crippen LogP contribution in [0.5, 0.6) is 11.5 Å². The first-order chi connectivity index (χ1) is 16.5. The first kappa shape index (κ1) is 23.4. The zero-order chi connectivity index (χ0) is 24.1. The molecule has 0 aliphatic rings. The van der Waals surface area contributed by atoms with Gasteiger partial charge in [0.05, 0.1) is 20.4 Å². The second-order valence-corrected chi connectivity index (χ2v) is 8.20. The molecule has 178 valence electrons. The summed E-state index contributed by atoms with van der Waals surface area (Å²) in [5, 5.41) is 13.3. The monoisotopic (exact) mass is 483 g/mol. The average Bonchev–Trinajstić information content (AvgIpc) is 3.47. The zero-order valence-electron chi connectivity index (χ0n) is 19.7. The Balaban J connectivity index is 1.64. The third-order valence-corrected chi connectivity index (χ3v) is 5.79. The van der Waals surface area contributed by atoms with E-state index in [0.717, 1.165) is 23.6 Å². The Morgan fingerprint density at radius 2 is 1.85 bits per heavy atom. The Morgan fingerprint density at radius 1 is 1.09 bits per heavy atom. The summed E-state index contributed by atoms with van der Waals surface area (Å²) in [5.74, 6) is 3.07. The zero-order valence-corrected chi connectivity index (χ0v) is 20.5. The van der Waals surface area contributed by atoms with Crippen molar-refractivity contribution >= 4 is 17.9 Å². The number of ether oxygens (including phenoxy) is 2. The highest BCUT2D eigenvalue weighted by molar-refractivity contribution is 8.00. The number of rotatable bonds is 10. The molecule has 0 saturated heterocycles. The van der Waals surface area contributed by atoms with Crippen LogP contribution in [0.4, 0.5) is 5.95 Å². The molecule has 0 fully saturated rings. The van der Waals surface area contributed by atoms with Gasteiger partial charge in [-0.3, -0.25) is 18.8 Å². The van der Waals surface area contributed by atoms with E-state index < -0.39 is 0 Å². The van der Waals surface area contributed by atoms with Crippen LogP contribution in [0.3, 0.4) is 0 Å². The minimum Gasteiger partial charge on any atom is -0.494 e. The minimum atomic E-state index is 0.523. The van der Waals surface area contributed by atoms with E-state index in [0.29, 0.717) is 34.7 Å². The van der Waals surface area contributed by atoms with Gasteiger partial charge < -0.3 is 9.47 Å². The molecule has 11 nitrogen and oxygen atoms in total. The number of nitrogens with zero attached hydrogens (tertiary/aromatic N) is 7. The van der Waals surface area contributed by atoms with Gasteiger partial charge in [0, 0.05) is 30.1 Å². The van der Waals surface area contributed by atoms with Crippen molar-refractivity contribution in [1.82, 2.24) is 29.5 Å². The maximum Gasteiger partial charge on any atom is 0.253 e. The molecule has 12 heteroatoms. The molecule has 4 aromatic rings. The van der Waals surface area contributed by atoms with Gasteiger partial charge in [0.15, 0.2) is 5.82 Å². The van der Waals surface area contributed by atoms with Crippen LogP contribution in [0, 0.1) is 6.92 Å². The van der Waals surface area contributed by atoms with Crippen LogP contribution in [0.15, 0.2) is 42.9 Å². The summed E-state index contributed by atoms with van der Waals surface area (Å²) < 4.78 is 19.9. The quantitative estimate of drug-likeness (QED) is 0.206. The molecule has 0 aliphatic carbocycles. The molecule has 0 spiro atoms. The molecular weight excluding hydrogens is 456 g/mol. The number of nitrogens with one attached hydrogen (secondary N) is 1. The highest BCUT2D eigenvalue weighted by Crippen LogP contribution is 2.37. The number of methoxy groups -OCH3 is 2. The summed E-state index contributed by atoms with van der Waals surface area (Å²) >= 11 is 1.50. The Hall–Kier alpha value is -3.80. The van der Waals surface area contributed by atoms with Crippen LogP contribution in [0.2, 0.25) is 0 Å². The largest absolute Gasteiger partial charge is 0.494 e. The van der Waals surface area contributed by atoms with E-state index in [9.17, 15) is 0 Å². The summed E-state index contributed by atoms with van der Waals surface area (Å²) in [7, 11) is 6.73. The molecule has 3 heterocycles. The van der Waals surface area contributed by atoms with E-state index >= 15 is 0 Å². The van der Waals surface area contributed by atoms with Gasteiger partial charge in [-0.2, -0.15) is 5.10 Å². The van der Waals surface area contributed by atoms with Crippen molar-refractivity contribution in [1.29, 1.82) is 0 Å². The first-order valence-corrected chi connectivity index (χ1v) is 11.5. The predicted octanol–water partition coefficient (Wildman–Crippen LogP) is 2.04. The molecule has 0 amide bonds. The average molecular weight is 484 g/mol. The fourth-order valence-electron chi connectivity index (χ4n) is 3.45. The smallest absolute Gasteiger partial charge is 0.253 e. The van der Waals surface area contributed by atoms with Gasteiger partial charge in [-0.05, 0) is 37.1 Å². The molecule has 0 saturated carbocycles. The summed E-state index contributed by atoms with van der Waals surface area (Å²) in [6.45, 7) is 1.92. The van der Waals surface area contributed by atoms with E-state index in [1.165, 1.54) is 11.9 Å². The normalized spacial score (nSPS) is 10.9. The van der Waals surface area contributed by atoms with Crippen LogP contribution >= 0.6 is 11.9 Å². The molecule has 4 rings (SSSR count). The third kappa shape index (κ3) is 4.76. The van der Waals surface area contributed by atoms with Crippen molar-refractivity contribution in [2.75, 3.05) is 31.8 Å². The van der Waals surface area contributed by atoms with Crippen molar-refractivity contribution in [3.8, 4) is 28.7 Å². The van der Waals surface area contributed by atoms with Crippen LogP contribution in [0.1, 0.15) is 11.4 Å². The Labute approximate surface area is 201 Å². The minimum absolute atomic E-state index is 0.523. The van der Waals surface area contributed by atoms with Gasteiger partial charge in [0.2, 0.25) is 12.1 Å². The van der Waals surface area contributed by atoms with Crippen LogP contribution in [-0.2, 0) is 13.5 Å². The van der Waals surface area contributed by atoms with Gasteiger partial charge in [-0.1, -0.05) is 6.07 Å². The number of anilines is 1. The third-order valence-electron chi connectivity index (χ3n) is 5.06. The molecule has 0 aliphatic heterocycles. The van der Waals surface area contributed by atoms with Crippen molar-refractivity contribution in [3.63, 3.8) is 0 Å². The maximum absolute atomic E-state index is 5.64. The lowest BCUT2D eigenvalue weighted by molar-refractivity contribution is -0.890. The molecule has 0 radical (unpaired) electrons. The highest BCUT2D eigenvalue weighted by atomic mass is 32.2. The van der Waals surface area contributed by atoms with Gasteiger partial charge in [-0.15, -0.1) is 10.2 Å². The van der Waals surface area contributed by atoms with Gasteiger partial charge in [-0.25, -0.2) is 4.98 Å². The van der Waals surface area contributed by atoms with Crippen LogP contribution in [0.25, 0.3) is 17.2 Å². The summed E-state index contributed by atoms with van der Waals surface area (Å²) in [6.07, 6.45) is 6.27. The molecule has 0 unspecified atom stereocenters. The SMILES string of the molecule is COc1cccc(OC)c1-n1c(NSCCc2cnc(C)c[n+]2OC)nnc1-c1ccn(C)n1. The van der Waals surface area contributed by atoms with E-state index in [4.69, 9.17) is 14.3 Å². The molecular formula is C22H27N8O3S+. The van der Waals surface area contributed by atoms with E-state index in [1.54, 1.807) is 30.7 Å². The highest BCUT2D eigenvalue weighted by Gasteiger charge is 2.23. The summed E-state index contributed by atoms with van der Waals surface area (Å²) in [6, 6.07) is 7.48. The van der Waals surface area contributed by atoms with Crippen LogP contribution in [-0.4, -0.2) is 56.6 Å². The van der Waals surface area contributed by atoms with E-state index in [2.05, 4.69) is 25.0 Å². The second kappa shape index (κ2) is 10.4. The first-order valence-electron chi connectivity index (χ1n) is 10.5. The Kier molecular flexibility index (Phi) is 7.16. The number of aromatic nitrogens is 7. The number of benzene rings is 1. The Morgan fingerprint density at radius 3 is 2.50 bits per heavy atom. The van der Waals surface area contributed by atoms with Gasteiger partial charge in [0.25, 0.3) is 5.69 Å². The lowest BCUT2D eigenvalue weighted by Gasteiger charge is -2.16. The molecule has 0 bridgehead atoms.